The lowest BCUT2D eigenvalue weighted by atomic mass is 10.1. The number of carbonyl (C=O) groups excluding carboxylic acids is 1. The maximum absolute atomic E-state index is 12.1. The van der Waals surface area contributed by atoms with Gasteiger partial charge in [-0.2, -0.15) is 5.10 Å². The molecule has 0 radical (unpaired) electrons. The number of hydrogen-bond donors (Lipinski definition) is 2. The zero-order chi connectivity index (χ0) is 35.4. The second-order valence-corrected chi connectivity index (χ2v) is 11.1. The second kappa shape index (κ2) is 21.7. The van der Waals surface area contributed by atoms with Gasteiger partial charge in [0.05, 0.1) is 83.2 Å². The van der Waals surface area contributed by atoms with Crippen LogP contribution in [0.15, 0.2) is 23.1 Å². The number of aromatic nitrogens is 5. The molecule has 1 aliphatic heterocycles. The van der Waals surface area contributed by atoms with Crippen molar-refractivity contribution < 1.29 is 47.9 Å². The first kappa shape index (κ1) is 39.3. The van der Waals surface area contributed by atoms with Gasteiger partial charge in [-0.3, -0.25) is 19.0 Å². The first-order valence-corrected chi connectivity index (χ1v) is 16.3. The molecule has 0 aliphatic carbocycles. The minimum absolute atomic E-state index is 0.0281. The number of carboxylic acids is 1. The molecule has 4 rings (SSSR count). The predicted molar refractivity (Wildman–Crippen MR) is 176 cm³/mol. The molecule has 0 saturated carbocycles. The maximum Gasteiger partial charge on any atom is 0.360 e. The van der Waals surface area contributed by atoms with Gasteiger partial charge in [-0.15, -0.1) is 5.10 Å². The molecule has 272 valence electrons. The van der Waals surface area contributed by atoms with Crippen LogP contribution in [0.5, 0.6) is 11.5 Å². The lowest BCUT2D eigenvalue weighted by Crippen LogP contribution is -2.22. The molecule has 0 spiro atoms. The van der Waals surface area contributed by atoms with Crippen molar-refractivity contribution in [3.05, 3.63) is 39.9 Å². The van der Waals surface area contributed by atoms with Crippen molar-refractivity contribution in [2.24, 2.45) is 5.92 Å². The number of carbonyl (C=O) groups is 2. The van der Waals surface area contributed by atoms with Crippen LogP contribution in [0.2, 0.25) is 0 Å². The largest absolute Gasteiger partial charge is 0.476 e. The van der Waals surface area contributed by atoms with Crippen LogP contribution in [-0.4, -0.2) is 115 Å². The highest BCUT2D eigenvalue weighted by Gasteiger charge is 2.21. The van der Waals surface area contributed by atoms with Crippen LogP contribution < -0.4 is 20.2 Å². The highest BCUT2D eigenvalue weighted by molar-refractivity contribution is 5.91. The van der Waals surface area contributed by atoms with E-state index in [1.54, 1.807) is 13.1 Å². The fraction of sp³-hybridized carbons (Fsp3) is 0.625. The van der Waals surface area contributed by atoms with Crippen LogP contribution in [0, 0.1) is 5.92 Å². The Labute approximate surface area is 284 Å². The molecule has 0 bridgehead atoms. The van der Waals surface area contributed by atoms with E-state index in [9.17, 15) is 14.4 Å². The van der Waals surface area contributed by atoms with Gasteiger partial charge < -0.3 is 43.6 Å². The lowest BCUT2D eigenvalue weighted by molar-refractivity contribution is -0.121. The van der Waals surface area contributed by atoms with Gasteiger partial charge in [0.2, 0.25) is 23.8 Å². The summed E-state index contributed by atoms with van der Waals surface area (Å²) in [7, 11) is 1.61. The Morgan fingerprint density at radius 3 is 2.10 bits per heavy atom. The van der Waals surface area contributed by atoms with Crippen molar-refractivity contribution in [2.75, 3.05) is 73.3 Å². The number of hydrogen-bond acceptors (Lipinski definition) is 13. The van der Waals surface area contributed by atoms with Gasteiger partial charge in [0.25, 0.3) is 0 Å². The van der Waals surface area contributed by atoms with E-state index in [2.05, 4.69) is 34.6 Å². The van der Waals surface area contributed by atoms with Gasteiger partial charge in [-0.05, 0) is 25.3 Å². The van der Waals surface area contributed by atoms with Crippen molar-refractivity contribution in [1.29, 1.82) is 0 Å². The summed E-state index contributed by atoms with van der Waals surface area (Å²) in [6, 6.07) is 3.14. The smallest absolute Gasteiger partial charge is 0.360 e. The quantitative estimate of drug-likeness (QED) is 0.145. The summed E-state index contributed by atoms with van der Waals surface area (Å²) in [5.74, 6) is 0.245. The molecule has 49 heavy (non-hydrogen) atoms. The monoisotopic (exact) mass is 692 g/mol. The van der Waals surface area contributed by atoms with Crippen LogP contribution in [0.4, 0.5) is 0 Å². The van der Waals surface area contributed by atoms with E-state index in [1.807, 2.05) is 17.8 Å². The van der Waals surface area contributed by atoms with Gasteiger partial charge in [-0.1, -0.05) is 19.1 Å². The fourth-order valence-corrected chi connectivity index (χ4v) is 4.31. The third kappa shape index (κ3) is 13.7. The van der Waals surface area contributed by atoms with Crippen molar-refractivity contribution in [3.63, 3.8) is 0 Å². The molecule has 2 N–H and O–H groups in total. The topological polar surface area (TPSA) is 197 Å². The Balaban J connectivity index is 0.000000291. The van der Waals surface area contributed by atoms with Crippen molar-refractivity contribution in [1.82, 2.24) is 30.1 Å². The number of aryl methyl sites for hydroxylation is 2. The van der Waals surface area contributed by atoms with Crippen molar-refractivity contribution in [2.45, 2.75) is 53.3 Å². The molecule has 0 atom stereocenters. The van der Waals surface area contributed by atoms with Crippen LogP contribution in [0.3, 0.4) is 0 Å². The summed E-state index contributed by atoms with van der Waals surface area (Å²) >= 11 is 0. The number of rotatable bonds is 22. The van der Waals surface area contributed by atoms with Gasteiger partial charge in [-0.25, -0.2) is 4.79 Å². The maximum atomic E-state index is 12.1. The van der Waals surface area contributed by atoms with Gasteiger partial charge >= 0.3 is 5.97 Å². The number of aromatic carboxylic acids is 1. The number of carboxylic acid groups (broad SMARTS) is 1. The van der Waals surface area contributed by atoms with Gasteiger partial charge in [0, 0.05) is 32.6 Å². The molecule has 3 heterocycles. The number of amides is 1. The second-order valence-electron chi connectivity index (χ2n) is 11.1. The van der Waals surface area contributed by atoms with E-state index >= 15 is 0 Å². The van der Waals surface area contributed by atoms with Gasteiger partial charge in [0.1, 0.15) is 5.69 Å². The third-order valence-corrected chi connectivity index (χ3v) is 6.96. The first-order chi connectivity index (χ1) is 23.7. The number of nitrogens with zero attached hydrogens (tertiary/aromatic N) is 5. The summed E-state index contributed by atoms with van der Waals surface area (Å²) in [5, 5.41) is 23.9. The van der Waals surface area contributed by atoms with Crippen LogP contribution in [0.25, 0.3) is 10.9 Å². The fourth-order valence-electron chi connectivity index (χ4n) is 4.31. The summed E-state index contributed by atoms with van der Waals surface area (Å²) in [6.45, 7) is 12.4. The predicted octanol–water partition coefficient (Wildman–Crippen LogP) is 1.89. The number of ether oxygens (including phenoxy) is 7. The van der Waals surface area contributed by atoms with E-state index in [-0.39, 0.29) is 18.1 Å². The van der Waals surface area contributed by atoms with E-state index in [0.717, 1.165) is 18.7 Å². The molecule has 17 heteroatoms. The summed E-state index contributed by atoms with van der Waals surface area (Å²) in [4.78, 5) is 34.1. The van der Waals surface area contributed by atoms with Crippen molar-refractivity contribution in [3.8, 4) is 11.5 Å². The van der Waals surface area contributed by atoms with E-state index in [1.165, 1.54) is 10.7 Å². The standard InChI is InChI=1S/C20H38N4O6.C12H10N2O5/c1-18(2)4-6-24-16-19(22-23-24)17-30-15-14-29-13-12-28-11-10-27-9-8-26-7-5-20(25)21-3;1-2-14-7-4-9-8(18-5-19-9)3-6(7)11(15)10(13-14)12(16)17/h16,18H,4-15,17H2,1-3H3,(H,21,25);3-4H,2,5H2,1H3,(H,16,17). The molecule has 3 aromatic rings. The Bertz CT molecular complexity index is 1510. The molecule has 2 aromatic heterocycles. The van der Waals surface area contributed by atoms with Crippen LogP contribution in [-0.2, 0) is 48.2 Å². The summed E-state index contributed by atoms with van der Waals surface area (Å²) in [6.07, 6.45) is 3.38. The normalized spacial score (nSPS) is 11.9. The van der Waals surface area contributed by atoms with E-state index in [4.69, 9.17) is 38.3 Å². The minimum Gasteiger partial charge on any atom is -0.476 e. The lowest BCUT2D eigenvalue weighted by Gasteiger charge is -2.09. The SMILES string of the molecule is CCn1nc(C(=O)O)c(=O)c2cc3c(cc21)OCO3.CNC(=O)CCOCCOCCOCCOCCOCc1cn(CCC(C)C)nn1. The molecule has 1 aromatic carbocycles. The molecule has 17 nitrogen and oxygen atoms in total. The Hall–Kier alpha value is -4.16. The van der Waals surface area contributed by atoms with E-state index in [0.29, 0.717) is 102 Å². The number of fused-ring (bicyclic) bond motifs is 2. The molecule has 0 saturated heterocycles. The van der Waals surface area contributed by atoms with Gasteiger partial charge in [0.15, 0.2) is 11.5 Å². The number of nitrogens with one attached hydrogen (secondary N) is 1. The molecular weight excluding hydrogens is 644 g/mol. The Kier molecular flexibility index (Phi) is 17.4. The molecular formula is C32H48N6O11. The van der Waals surface area contributed by atoms with Crippen molar-refractivity contribution >= 4 is 22.8 Å². The molecule has 1 aliphatic rings. The average Bonchev–Trinajstić information content (AvgIpc) is 3.76. The third-order valence-electron chi connectivity index (χ3n) is 6.96. The zero-order valence-electron chi connectivity index (χ0n) is 28.7. The molecule has 1 amide bonds. The highest BCUT2D eigenvalue weighted by atomic mass is 16.7. The Morgan fingerprint density at radius 1 is 0.939 bits per heavy atom. The van der Waals surface area contributed by atoms with Crippen LogP contribution in [0.1, 0.15) is 49.8 Å². The number of benzene rings is 1. The Morgan fingerprint density at radius 2 is 1.53 bits per heavy atom. The first-order valence-electron chi connectivity index (χ1n) is 16.3. The summed E-state index contributed by atoms with van der Waals surface area (Å²) < 4.78 is 40.8. The average molecular weight is 693 g/mol. The minimum atomic E-state index is -1.34. The molecule has 0 unspecified atom stereocenters. The zero-order valence-corrected chi connectivity index (χ0v) is 28.7. The molecule has 0 fully saturated rings. The summed E-state index contributed by atoms with van der Waals surface area (Å²) in [5.41, 5.74) is 0.249. The van der Waals surface area contributed by atoms with E-state index < -0.39 is 17.1 Å². The highest BCUT2D eigenvalue weighted by Crippen LogP contribution is 2.34. The van der Waals surface area contributed by atoms with Crippen LogP contribution >= 0.6 is 0 Å².